The summed E-state index contributed by atoms with van der Waals surface area (Å²) < 4.78 is 9.91. The average molecular weight is 469 g/mol. The number of anilines is 1. The van der Waals surface area contributed by atoms with Crippen molar-refractivity contribution in [2.45, 2.75) is 26.4 Å². The number of fused-ring (bicyclic) bond motifs is 3. The zero-order valence-electron chi connectivity index (χ0n) is 17.9. The van der Waals surface area contributed by atoms with Crippen LogP contribution in [0, 0.1) is 17.6 Å². The molecule has 0 saturated carbocycles. The number of nitrogens with zero attached hydrogens (tertiary/aromatic N) is 5. The summed E-state index contributed by atoms with van der Waals surface area (Å²) in [7, 11) is 1.66. The van der Waals surface area contributed by atoms with Crippen molar-refractivity contribution in [3.05, 3.63) is 46.2 Å². The first-order chi connectivity index (χ1) is 15.5. The molecule has 0 radical (unpaired) electrons. The number of carbonyl (C=O) groups is 1. The van der Waals surface area contributed by atoms with Crippen LogP contribution in [0.5, 0.6) is 5.75 Å². The number of hydrogen-bond acceptors (Lipinski definition) is 7. The first-order valence-corrected chi connectivity index (χ1v) is 11.8. The first-order valence-electron chi connectivity index (χ1n) is 10.5. The minimum Gasteiger partial charge on any atom is -0.497 e. The highest BCUT2D eigenvalue weighted by atomic mass is 32.1. The van der Waals surface area contributed by atoms with E-state index in [0.29, 0.717) is 23.1 Å². The summed E-state index contributed by atoms with van der Waals surface area (Å²) in [5.41, 5.74) is 2.93. The number of thiazole rings is 1. The number of piperidine rings is 1. The summed E-state index contributed by atoms with van der Waals surface area (Å²) in [5, 5.41) is 11.3. The molecule has 4 aromatic rings. The van der Waals surface area contributed by atoms with Gasteiger partial charge in [0.1, 0.15) is 5.75 Å². The van der Waals surface area contributed by atoms with Gasteiger partial charge in [0.15, 0.2) is 10.8 Å². The largest absolute Gasteiger partial charge is 0.497 e. The lowest BCUT2D eigenvalue weighted by Gasteiger charge is -2.31. The summed E-state index contributed by atoms with van der Waals surface area (Å²) in [6, 6.07) is 8.07. The predicted molar refractivity (Wildman–Crippen MR) is 128 cm³/mol. The molecule has 0 spiro atoms. The molecule has 1 atom stereocenters. The van der Waals surface area contributed by atoms with E-state index in [2.05, 4.69) is 34.3 Å². The topological polar surface area (TPSA) is 76.7 Å². The van der Waals surface area contributed by atoms with Crippen LogP contribution in [0.2, 0.25) is 0 Å². The normalized spacial score (nSPS) is 17.1. The number of carbonyl (C=O) groups excluding carboxylic acids is 1. The second-order valence-corrected chi connectivity index (χ2v) is 9.33. The summed E-state index contributed by atoms with van der Waals surface area (Å²) in [6.45, 7) is 4.20. The Morgan fingerprint density at radius 3 is 3.03 bits per heavy atom. The molecule has 1 amide bonds. The Morgan fingerprint density at radius 2 is 2.25 bits per heavy atom. The predicted octanol–water partition coefficient (Wildman–Crippen LogP) is 4.10. The van der Waals surface area contributed by atoms with Crippen molar-refractivity contribution in [2.24, 2.45) is 5.92 Å². The van der Waals surface area contributed by atoms with E-state index in [1.165, 1.54) is 11.3 Å². The van der Waals surface area contributed by atoms with Gasteiger partial charge in [0.25, 0.3) is 0 Å². The zero-order chi connectivity index (χ0) is 22.2. The van der Waals surface area contributed by atoms with Gasteiger partial charge in [-0.2, -0.15) is 5.10 Å². The molecule has 1 N–H and O–H groups in total. The molecule has 1 aliphatic heterocycles. The van der Waals surface area contributed by atoms with Gasteiger partial charge in [0.05, 0.1) is 25.2 Å². The lowest BCUT2D eigenvalue weighted by atomic mass is 9.97. The van der Waals surface area contributed by atoms with Crippen molar-refractivity contribution in [3.63, 3.8) is 0 Å². The Balaban J connectivity index is 1.41. The van der Waals surface area contributed by atoms with Crippen molar-refractivity contribution in [3.8, 4) is 5.75 Å². The molecular formula is C22H24N6O2S2. The quantitative estimate of drug-likeness (QED) is 0.445. The molecule has 4 heterocycles. The zero-order valence-corrected chi connectivity index (χ0v) is 19.6. The van der Waals surface area contributed by atoms with Crippen molar-refractivity contribution >= 4 is 51.1 Å². The second-order valence-electron chi connectivity index (χ2n) is 8.07. The highest BCUT2D eigenvalue weighted by Gasteiger charge is 2.27. The number of hydrogen-bond donors (Lipinski definition) is 1. The van der Waals surface area contributed by atoms with Crippen LogP contribution in [-0.4, -0.2) is 50.2 Å². The number of amides is 1. The van der Waals surface area contributed by atoms with Crippen molar-refractivity contribution < 1.29 is 9.53 Å². The van der Waals surface area contributed by atoms with Gasteiger partial charge in [-0.25, -0.2) is 9.67 Å². The molecule has 1 unspecified atom stereocenters. The van der Waals surface area contributed by atoms with Gasteiger partial charge in [-0.1, -0.05) is 0 Å². The Morgan fingerprint density at radius 1 is 1.38 bits per heavy atom. The third-order valence-electron chi connectivity index (χ3n) is 5.95. The van der Waals surface area contributed by atoms with Crippen molar-refractivity contribution in [2.75, 3.05) is 25.5 Å². The molecule has 1 aromatic carbocycles. The standard InChI is InChI=1S/C22H24N6O2S2/c1-14-10-19-25-27(22(31)28(19)18-11-16(30-2)5-6-17(14)18)13-26-8-3-4-15(12-26)20(29)24-21-23-7-9-32-21/h5-7,9-11,15H,3-4,8,12-13H2,1-2H3,(H,23,24,29). The molecule has 5 rings (SSSR count). The maximum absolute atomic E-state index is 12.7. The average Bonchev–Trinajstić information content (AvgIpc) is 3.41. The van der Waals surface area contributed by atoms with Crippen LogP contribution in [-0.2, 0) is 11.5 Å². The van der Waals surface area contributed by atoms with Crippen LogP contribution in [0.15, 0.2) is 35.8 Å². The van der Waals surface area contributed by atoms with E-state index in [4.69, 9.17) is 22.1 Å². The molecule has 8 nitrogen and oxygen atoms in total. The first kappa shape index (κ1) is 21.0. The van der Waals surface area contributed by atoms with Crippen LogP contribution in [0.25, 0.3) is 16.6 Å². The molecule has 0 bridgehead atoms. The number of nitrogens with one attached hydrogen (secondary N) is 1. The fraction of sp³-hybridized carbons (Fsp3) is 0.364. The van der Waals surface area contributed by atoms with Crippen molar-refractivity contribution in [1.29, 1.82) is 0 Å². The van der Waals surface area contributed by atoms with Crippen LogP contribution in [0.4, 0.5) is 5.13 Å². The summed E-state index contributed by atoms with van der Waals surface area (Å²) in [4.78, 5) is 19.1. The maximum Gasteiger partial charge on any atom is 0.230 e. The molecular weight excluding hydrogens is 444 g/mol. The minimum atomic E-state index is -0.0776. The van der Waals surface area contributed by atoms with Gasteiger partial charge in [-0.05, 0) is 62.3 Å². The van der Waals surface area contributed by atoms with E-state index < -0.39 is 0 Å². The highest BCUT2D eigenvalue weighted by Crippen LogP contribution is 2.26. The molecule has 3 aromatic heterocycles. The minimum absolute atomic E-state index is 0.0250. The van der Waals surface area contributed by atoms with E-state index in [-0.39, 0.29) is 11.8 Å². The van der Waals surface area contributed by atoms with Gasteiger partial charge in [-0.3, -0.25) is 14.1 Å². The maximum atomic E-state index is 12.7. The smallest absolute Gasteiger partial charge is 0.230 e. The van der Waals surface area contributed by atoms with Gasteiger partial charge < -0.3 is 10.1 Å². The number of rotatable bonds is 5. The van der Waals surface area contributed by atoms with Gasteiger partial charge >= 0.3 is 0 Å². The molecule has 10 heteroatoms. The third kappa shape index (κ3) is 3.89. The Bertz CT molecular complexity index is 1340. The molecule has 1 aliphatic rings. The number of aromatic nitrogens is 4. The fourth-order valence-electron chi connectivity index (χ4n) is 4.34. The molecule has 1 fully saturated rings. The summed E-state index contributed by atoms with van der Waals surface area (Å²) in [6.07, 6.45) is 3.52. The van der Waals surface area contributed by atoms with Gasteiger partial charge in [-0.15, -0.1) is 11.3 Å². The number of ether oxygens (including phenoxy) is 1. The molecule has 32 heavy (non-hydrogen) atoms. The number of aryl methyl sites for hydroxylation is 1. The summed E-state index contributed by atoms with van der Waals surface area (Å²) in [5.74, 6) is 0.729. The third-order valence-corrected chi connectivity index (χ3v) is 7.04. The van der Waals surface area contributed by atoms with Crippen LogP contribution in [0.3, 0.4) is 0 Å². The SMILES string of the molecule is COc1ccc2c(C)cc3nn(CN4CCCC(C(=O)Nc5nccs5)C4)c(=S)n3c2c1. The Labute approximate surface area is 194 Å². The van der Waals surface area contributed by atoms with E-state index >= 15 is 0 Å². The van der Waals surface area contributed by atoms with Crippen LogP contribution < -0.4 is 10.1 Å². The van der Waals surface area contributed by atoms with Gasteiger partial charge in [0.2, 0.25) is 10.7 Å². The highest BCUT2D eigenvalue weighted by molar-refractivity contribution is 7.71. The second kappa shape index (κ2) is 8.61. The van der Waals surface area contributed by atoms with E-state index in [9.17, 15) is 4.79 Å². The Kier molecular flexibility index (Phi) is 5.66. The van der Waals surface area contributed by atoms with E-state index in [1.807, 2.05) is 26.6 Å². The summed E-state index contributed by atoms with van der Waals surface area (Å²) >= 11 is 7.24. The number of benzene rings is 1. The lowest BCUT2D eigenvalue weighted by Crippen LogP contribution is -2.41. The monoisotopic (exact) mass is 468 g/mol. The fourth-order valence-corrected chi connectivity index (χ4v) is 5.17. The molecule has 0 aliphatic carbocycles. The Hall–Kier alpha value is -2.82. The number of pyridine rings is 1. The molecule has 1 saturated heterocycles. The lowest BCUT2D eigenvalue weighted by molar-refractivity contribution is -0.121. The van der Waals surface area contributed by atoms with Crippen LogP contribution in [0.1, 0.15) is 18.4 Å². The number of methoxy groups -OCH3 is 1. The van der Waals surface area contributed by atoms with Gasteiger partial charge in [0, 0.05) is 29.6 Å². The molecule has 166 valence electrons. The van der Waals surface area contributed by atoms with E-state index in [0.717, 1.165) is 47.2 Å². The number of likely N-dealkylation sites (tertiary alicyclic amines) is 1. The van der Waals surface area contributed by atoms with Crippen LogP contribution >= 0.6 is 23.6 Å². The van der Waals surface area contributed by atoms with E-state index in [1.54, 1.807) is 13.3 Å². The van der Waals surface area contributed by atoms with Crippen molar-refractivity contribution in [1.82, 2.24) is 24.1 Å².